The van der Waals surface area contributed by atoms with Gasteiger partial charge in [0.1, 0.15) is 5.01 Å². The highest BCUT2D eigenvalue weighted by molar-refractivity contribution is 7.13. The zero-order chi connectivity index (χ0) is 25.4. The van der Waals surface area contributed by atoms with Crippen molar-refractivity contribution < 1.29 is 0 Å². The Bertz CT molecular complexity index is 1430. The minimum Gasteiger partial charge on any atom is -0.245 e. The van der Waals surface area contributed by atoms with Crippen LogP contribution in [0.25, 0.3) is 21.7 Å². The molecular weight excluding hydrogens is 453 g/mol. The second-order valence-electron chi connectivity index (χ2n) is 10.1. The van der Waals surface area contributed by atoms with Crippen molar-refractivity contribution in [1.82, 2.24) is 4.98 Å². The summed E-state index contributed by atoms with van der Waals surface area (Å²) in [4.78, 5) is 4.49. The van der Waals surface area contributed by atoms with Crippen molar-refractivity contribution in [2.45, 2.75) is 41.5 Å². The second-order valence-corrected chi connectivity index (χ2v) is 11.0. The standard InChI is InChI=1S/C33H32BNS/c1-21-16-23(3)31(24(4)17-21)34(32-25(5)18-22(2)19-26(32)6)30-12-10-27(11-13-30)28-8-7-9-29(20-28)33-35-14-15-36-33/h7-20H,1-6H3. The van der Waals surface area contributed by atoms with E-state index >= 15 is 0 Å². The fourth-order valence-electron chi connectivity index (χ4n) is 5.84. The number of rotatable bonds is 5. The van der Waals surface area contributed by atoms with Crippen molar-refractivity contribution >= 4 is 34.4 Å². The molecule has 0 bridgehead atoms. The van der Waals surface area contributed by atoms with Crippen LogP contribution >= 0.6 is 11.3 Å². The molecule has 36 heavy (non-hydrogen) atoms. The molecule has 0 atom stereocenters. The smallest absolute Gasteiger partial charge is 0.242 e. The van der Waals surface area contributed by atoms with E-state index in [0.717, 1.165) is 5.01 Å². The van der Waals surface area contributed by atoms with E-state index in [0.29, 0.717) is 0 Å². The summed E-state index contributed by atoms with van der Waals surface area (Å²) >= 11 is 1.68. The van der Waals surface area contributed by atoms with Gasteiger partial charge >= 0.3 is 0 Å². The summed E-state index contributed by atoms with van der Waals surface area (Å²) in [5.41, 5.74) is 15.9. The highest BCUT2D eigenvalue weighted by Crippen LogP contribution is 2.27. The van der Waals surface area contributed by atoms with Gasteiger partial charge in [0.05, 0.1) is 0 Å². The van der Waals surface area contributed by atoms with Gasteiger partial charge in [-0.25, -0.2) is 4.98 Å². The first-order valence-electron chi connectivity index (χ1n) is 12.6. The molecule has 1 aromatic heterocycles. The Hall–Kier alpha value is -3.43. The van der Waals surface area contributed by atoms with Gasteiger partial charge in [0.15, 0.2) is 0 Å². The van der Waals surface area contributed by atoms with Crippen LogP contribution in [-0.4, -0.2) is 11.7 Å². The van der Waals surface area contributed by atoms with Crippen molar-refractivity contribution in [3.05, 3.63) is 118 Å². The summed E-state index contributed by atoms with van der Waals surface area (Å²) in [6.45, 7) is 13.6. The highest BCUT2D eigenvalue weighted by Gasteiger charge is 2.28. The van der Waals surface area contributed by atoms with Crippen LogP contribution in [0.5, 0.6) is 0 Å². The molecule has 1 heterocycles. The van der Waals surface area contributed by atoms with Crippen LogP contribution in [0.2, 0.25) is 0 Å². The number of hydrogen-bond donors (Lipinski definition) is 0. The van der Waals surface area contributed by atoms with E-state index in [1.807, 2.05) is 11.6 Å². The highest BCUT2D eigenvalue weighted by atomic mass is 32.1. The monoisotopic (exact) mass is 485 g/mol. The molecule has 0 aliphatic carbocycles. The molecule has 0 saturated heterocycles. The number of aryl methyl sites for hydroxylation is 6. The Balaban J connectivity index is 1.63. The average molecular weight is 486 g/mol. The number of hydrogen-bond acceptors (Lipinski definition) is 2. The fraction of sp³-hybridized carbons (Fsp3) is 0.182. The minimum absolute atomic E-state index is 0.196. The van der Waals surface area contributed by atoms with Crippen LogP contribution in [0.3, 0.4) is 0 Å². The van der Waals surface area contributed by atoms with Crippen molar-refractivity contribution in [2.75, 3.05) is 0 Å². The van der Waals surface area contributed by atoms with Gasteiger partial charge in [0.2, 0.25) is 6.71 Å². The first kappa shape index (κ1) is 24.3. The number of nitrogens with zero attached hydrogens (tertiary/aromatic N) is 1. The maximum absolute atomic E-state index is 4.49. The third kappa shape index (κ3) is 4.68. The van der Waals surface area contributed by atoms with E-state index < -0.39 is 0 Å². The van der Waals surface area contributed by atoms with Crippen LogP contribution in [0.4, 0.5) is 0 Å². The minimum atomic E-state index is 0.196. The number of benzene rings is 4. The van der Waals surface area contributed by atoms with E-state index in [4.69, 9.17) is 0 Å². The second kappa shape index (κ2) is 9.91. The summed E-state index contributed by atoms with van der Waals surface area (Å²) in [6, 6.07) is 27.2. The normalized spacial score (nSPS) is 11.1. The molecule has 178 valence electrons. The zero-order valence-electron chi connectivity index (χ0n) is 22.0. The van der Waals surface area contributed by atoms with Gasteiger partial charge in [-0.05, 0) is 58.7 Å². The lowest BCUT2D eigenvalue weighted by Crippen LogP contribution is -2.55. The molecule has 1 nitrogen and oxygen atoms in total. The number of aromatic nitrogens is 1. The van der Waals surface area contributed by atoms with Gasteiger partial charge in [0, 0.05) is 17.1 Å². The molecule has 5 rings (SSSR count). The molecule has 0 aliphatic rings. The number of thiazole rings is 1. The van der Waals surface area contributed by atoms with Gasteiger partial charge in [-0.15, -0.1) is 11.3 Å². The average Bonchev–Trinajstić information content (AvgIpc) is 3.37. The molecule has 0 N–H and O–H groups in total. The van der Waals surface area contributed by atoms with Gasteiger partial charge in [-0.3, -0.25) is 0 Å². The maximum atomic E-state index is 4.49. The Morgan fingerprint density at radius 2 is 1.11 bits per heavy atom. The van der Waals surface area contributed by atoms with Gasteiger partial charge in [0.25, 0.3) is 0 Å². The Morgan fingerprint density at radius 3 is 1.61 bits per heavy atom. The lowest BCUT2D eigenvalue weighted by molar-refractivity contribution is 1.34. The summed E-state index contributed by atoms with van der Waals surface area (Å²) in [5.74, 6) is 0. The molecule has 0 radical (unpaired) electrons. The SMILES string of the molecule is Cc1cc(C)c(B(c2ccc(-c3cccc(-c4nccs4)c3)cc2)c2c(C)cc(C)cc2C)c(C)c1. The van der Waals surface area contributed by atoms with E-state index in [1.54, 1.807) is 11.3 Å². The lowest BCUT2D eigenvalue weighted by atomic mass is 9.34. The van der Waals surface area contributed by atoms with Crippen molar-refractivity contribution in [2.24, 2.45) is 0 Å². The third-order valence-corrected chi connectivity index (χ3v) is 7.99. The summed E-state index contributed by atoms with van der Waals surface area (Å²) in [6.07, 6.45) is 1.87. The molecule has 3 heteroatoms. The third-order valence-electron chi connectivity index (χ3n) is 7.17. The molecule has 4 aromatic carbocycles. The van der Waals surface area contributed by atoms with E-state index in [-0.39, 0.29) is 6.71 Å². The van der Waals surface area contributed by atoms with Crippen LogP contribution in [0.15, 0.2) is 84.4 Å². The summed E-state index contributed by atoms with van der Waals surface area (Å²) < 4.78 is 0. The largest absolute Gasteiger partial charge is 0.245 e. The predicted octanol–water partition coefficient (Wildman–Crippen LogP) is 6.84. The van der Waals surface area contributed by atoms with Crippen LogP contribution in [0.1, 0.15) is 33.4 Å². The lowest BCUT2D eigenvalue weighted by Gasteiger charge is -2.24. The van der Waals surface area contributed by atoms with Crippen molar-refractivity contribution in [3.8, 4) is 21.7 Å². The first-order chi connectivity index (χ1) is 17.3. The van der Waals surface area contributed by atoms with Crippen molar-refractivity contribution in [3.63, 3.8) is 0 Å². The molecule has 0 amide bonds. The molecule has 0 saturated carbocycles. The molecule has 0 unspecified atom stereocenters. The van der Waals surface area contributed by atoms with E-state index in [1.165, 1.54) is 66.5 Å². The zero-order valence-corrected chi connectivity index (χ0v) is 22.8. The van der Waals surface area contributed by atoms with Gasteiger partial charge in [-0.2, -0.15) is 0 Å². The quantitative estimate of drug-likeness (QED) is 0.248. The molecular formula is C33H32BNS. The Labute approximate surface area is 220 Å². The van der Waals surface area contributed by atoms with Crippen LogP contribution in [0, 0.1) is 41.5 Å². The topological polar surface area (TPSA) is 12.9 Å². The summed E-state index contributed by atoms with van der Waals surface area (Å²) in [5, 5.41) is 3.09. The van der Waals surface area contributed by atoms with Crippen LogP contribution < -0.4 is 16.4 Å². The maximum Gasteiger partial charge on any atom is 0.242 e. The Morgan fingerprint density at radius 1 is 0.583 bits per heavy atom. The van der Waals surface area contributed by atoms with Gasteiger partial charge in [-0.1, -0.05) is 116 Å². The molecule has 0 fully saturated rings. The van der Waals surface area contributed by atoms with Crippen LogP contribution in [-0.2, 0) is 0 Å². The molecule has 0 aliphatic heterocycles. The predicted molar refractivity (Wildman–Crippen MR) is 159 cm³/mol. The molecule has 0 spiro atoms. The van der Waals surface area contributed by atoms with Crippen molar-refractivity contribution in [1.29, 1.82) is 0 Å². The molecule has 5 aromatic rings. The first-order valence-corrected chi connectivity index (χ1v) is 13.5. The van der Waals surface area contributed by atoms with E-state index in [2.05, 4.69) is 119 Å². The Kier molecular flexibility index (Phi) is 6.68. The van der Waals surface area contributed by atoms with Gasteiger partial charge < -0.3 is 0 Å². The summed E-state index contributed by atoms with van der Waals surface area (Å²) in [7, 11) is 0. The fourth-order valence-corrected chi connectivity index (χ4v) is 6.47. The van der Waals surface area contributed by atoms with E-state index in [9.17, 15) is 0 Å².